The quantitative estimate of drug-likeness (QED) is 0.821. The zero-order chi connectivity index (χ0) is 17.8. The third kappa shape index (κ3) is 4.12. The first kappa shape index (κ1) is 17.7. The highest BCUT2D eigenvalue weighted by atomic mass is 32.1. The van der Waals surface area contributed by atoms with Crippen molar-refractivity contribution in [3.05, 3.63) is 46.2 Å². The zero-order valence-corrected chi connectivity index (χ0v) is 14.3. The van der Waals surface area contributed by atoms with Crippen LogP contribution in [0.2, 0.25) is 0 Å². The fourth-order valence-corrected chi connectivity index (χ4v) is 3.66. The molecule has 0 aliphatic carbocycles. The number of piperidine rings is 1. The monoisotopic (exact) mass is 369 g/mol. The number of hydrogen-bond donors (Lipinski definition) is 1. The van der Waals surface area contributed by atoms with E-state index in [-0.39, 0.29) is 6.54 Å². The lowest BCUT2D eigenvalue weighted by molar-refractivity contribution is 0.0948. The number of halogens is 3. The molecule has 1 aliphatic heterocycles. The Kier molecular flexibility index (Phi) is 5.57. The van der Waals surface area contributed by atoms with Gasteiger partial charge in [-0.15, -0.1) is 11.3 Å². The highest BCUT2D eigenvalue weighted by Gasteiger charge is 2.19. The number of nitrogens with zero attached hydrogens (tertiary/aromatic N) is 2. The molecule has 134 valence electrons. The van der Waals surface area contributed by atoms with E-state index >= 15 is 0 Å². The summed E-state index contributed by atoms with van der Waals surface area (Å²) in [6.07, 6.45) is 4.08. The molecular weight excluding hydrogens is 351 g/mol. The predicted octanol–water partition coefficient (Wildman–Crippen LogP) is 3.52. The maximum atomic E-state index is 13.6. The third-order valence-electron chi connectivity index (χ3n) is 4.11. The maximum absolute atomic E-state index is 13.6. The van der Waals surface area contributed by atoms with Crippen LogP contribution in [0.4, 0.5) is 18.3 Å². The van der Waals surface area contributed by atoms with E-state index in [0.717, 1.165) is 36.0 Å². The van der Waals surface area contributed by atoms with Gasteiger partial charge in [0.25, 0.3) is 5.91 Å². The molecule has 1 aromatic carbocycles. The summed E-state index contributed by atoms with van der Waals surface area (Å²) in [5, 5.41) is 5.42. The largest absolute Gasteiger partial charge is 0.352 e. The second-order valence-electron chi connectivity index (χ2n) is 5.90. The van der Waals surface area contributed by atoms with Crippen molar-refractivity contribution >= 4 is 22.4 Å². The minimum Gasteiger partial charge on any atom is -0.352 e. The van der Waals surface area contributed by atoms with Crippen LogP contribution < -0.4 is 10.2 Å². The standard InChI is InChI=1S/C17H18F3N3OS/c18-13-5-4-12(14(19)15(13)20)16(24)21-7-6-11-10-25-17(22-11)23-8-2-1-3-9-23/h4-5,10H,1-3,6-9H2,(H,21,24). The summed E-state index contributed by atoms with van der Waals surface area (Å²) < 4.78 is 39.6. The van der Waals surface area contributed by atoms with Crippen molar-refractivity contribution in [2.75, 3.05) is 24.5 Å². The number of carbonyl (C=O) groups excluding carboxylic acids is 1. The van der Waals surface area contributed by atoms with Crippen LogP contribution in [0.25, 0.3) is 0 Å². The van der Waals surface area contributed by atoms with Gasteiger partial charge < -0.3 is 10.2 Å². The van der Waals surface area contributed by atoms with Crippen molar-refractivity contribution in [2.24, 2.45) is 0 Å². The Hall–Kier alpha value is -2.09. The normalized spacial score (nSPS) is 14.6. The van der Waals surface area contributed by atoms with Crippen LogP contribution in [0.1, 0.15) is 35.3 Å². The fourth-order valence-electron chi connectivity index (χ4n) is 2.74. The average Bonchev–Trinajstić information content (AvgIpc) is 3.09. The summed E-state index contributed by atoms with van der Waals surface area (Å²) in [6, 6.07) is 1.67. The van der Waals surface area contributed by atoms with Gasteiger partial charge >= 0.3 is 0 Å². The van der Waals surface area contributed by atoms with Gasteiger partial charge in [-0.05, 0) is 31.4 Å². The Morgan fingerprint density at radius 2 is 1.92 bits per heavy atom. The molecule has 4 nitrogen and oxygen atoms in total. The molecule has 1 amide bonds. The van der Waals surface area contributed by atoms with Crippen LogP contribution in [0.15, 0.2) is 17.5 Å². The Balaban J connectivity index is 1.54. The summed E-state index contributed by atoms with van der Waals surface area (Å²) in [5.41, 5.74) is 0.336. The lowest BCUT2D eigenvalue weighted by atomic mass is 10.1. The second-order valence-corrected chi connectivity index (χ2v) is 6.73. The number of carbonyl (C=O) groups is 1. The fraction of sp³-hybridized carbons (Fsp3) is 0.412. The Labute approximate surface area is 147 Å². The lowest BCUT2D eigenvalue weighted by Crippen LogP contribution is -2.29. The molecule has 25 heavy (non-hydrogen) atoms. The molecule has 0 spiro atoms. The van der Waals surface area contributed by atoms with E-state index in [1.807, 2.05) is 5.38 Å². The van der Waals surface area contributed by atoms with E-state index in [4.69, 9.17) is 0 Å². The van der Waals surface area contributed by atoms with Crippen molar-refractivity contribution in [3.63, 3.8) is 0 Å². The van der Waals surface area contributed by atoms with Crippen LogP contribution in [0.5, 0.6) is 0 Å². The van der Waals surface area contributed by atoms with Gasteiger partial charge in [-0.1, -0.05) is 0 Å². The summed E-state index contributed by atoms with van der Waals surface area (Å²) in [6.45, 7) is 2.26. The maximum Gasteiger partial charge on any atom is 0.254 e. The van der Waals surface area contributed by atoms with E-state index in [2.05, 4.69) is 15.2 Å². The van der Waals surface area contributed by atoms with Crippen LogP contribution >= 0.6 is 11.3 Å². The summed E-state index contributed by atoms with van der Waals surface area (Å²) in [7, 11) is 0. The molecule has 0 bridgehead atoms. The van der Waals surface area contributed by atoms with Crippen molar-refractivity contribution in [3.8, 4) is 0 Å². The topological polar surface area (TPSA) is 45.2 Å². The molecule has 2 aromatic rings. The van der Waals surface area contributed by atoms with E-state index in [9.17, 15) is 18.0 Å². The predicted molar refractivity (Wildman–Crippen MR) is 90.5 cm³/mol. The molecule has 1 aromatic heterocycles. The van der Waals surface area contributed by atoms with Gasteiger partial charge in [0.2, 0.25) is 0 Å². The highest BCUT2D eigenvalue weighted by molar-refractivity contribution is 7.13. The number of aromatic nitrogens is 1. The molecule has 0 unspecified atom stereocenters. The molecule has 1 fully saturated rings. The van der Waals surface area contributed by atoms with E-state index in [0.29, 0.717) is 6.42 Å². The summed E-state index contributed by atoms with van der Waals surface area (Å²) >= 11 is 1.57. The molecule has 0 radical (unpaired) electrons. The Morgan fingerprint density at radius 1 is 1.16 bits per heavy atom. The van der Waals surface area contributed by atoms with Crippen LogP contribution in [0.3, 0.4) is 0 Å². The lowest BCUT2D eigenvalue weighted by Gasteiger charge is -2.25. The Bertz CT molecular complexity index is 760. The van der Waals surface area contributed by atoms with Gasteiger partial charge in [-0.3, -0.25) is 4.79 Å². The molecule has 1 saturated heterocycles. The van der Waals surface area contributed by atoms with Gasteiger partial charge in [0, 0.05) is 31.4 Å². The smallest absolute Gasteiger partial charge is 0.254 e. The molecular formula is C17H18F3N3OS. The number of thiazole rings is 1. The first-order valence-corrected chi connectivity index (χ1v) is 9.05. The minimum atomic E-state index is -1.64. The van der Waals surface area contributed by atoms with Crippen molar-refractivity contribution in [1.29, 1.82) is 0 Å². The van der Waals surface area contributed by atoms with Gasteiger partial charge in [0.1, 0.15) is 0 Å². The van der Waals surface area contributed by atoms with E-state index in [1.54, 1.807) is 11.3 Å². The minimum absolute atomic E-state index is 0.237. The number of anilines is 1. The second kappa shape index (κ2) is 7.86. The van der Waals surface area contributed by atoms with Gasteiger partial charge in [0.05, 0.1) is 11.3 Å². The highest BCUT2D eigenvalue weighted by Crippen LogP contribution is 2.24. The van der Waals surface area contributed by atoms with Gasteiger partial charge in [-0.2, -0.15) is 0 Å². The van der Waals surface area contributed by atoms with Crippen molar-refractivity contribution < 1.29 is 18.0 Å². The molecule has 1 aliphatic rings. The average molecular weight is 369 g/mol. The first-order valence-electron chi connectivity index (χ1n) is 8.17. The zero-order valence-electron chi connectivity index (χ0n) is 13.5. The molecule has 1 N–H and O–H groups in total. The van der Waals surface area contributed by atoms with Crippen LogP contribution in [0, 0.1) is 17.5 Å². The molecule has 8 heteroatoms. The van der Waals surface area contributed by atoms with Gasteiger partial charge in [0.15, 0.2) is 22.6 Å². The Morgan fingerprint density at radius 3 is 2.68 bits per heavy atom. The van der Waals surface area contributed by atoms with Crippen LogP contribution in [-0.2, 0) is 6.42 Å². The third-order valence-corrected chi connectivity index (χ3v) is 5.06. The van der Waals surface area contributed by atoms with E-state index in [1.165, 1.54) is 19.3 Å². The number of nitrogens with one attached hydrogen (secondary N) is 1. The van der Waals surface area contributed by atoms with Crippen molar-refractivity contribution in [2.45, 2.75) is 25.7 Å². The summed E-state index contributed by atoms with van der Waals surface area (Å²) in [4.78, 5) is 18.7. The van der Waals surface area contributed by atoms with E-state index < -0.39 is 28.9 Å². The molecule has 0 saturated carbocycles. The number of rotatable bonds is 5. The van der Waals surface area contributed by atoms with Gasteiger partial charge in [-0.25, -0.2) is 18.2 Å². The molecule has 3 rings (SSSR count). The first-order chi connectivity index (χ1) is 12.1. The molecule has 2 heterocycles. The molecule has 0 atom stereocenters. The number of hydrogen-bond acceptors (Lipinski definition) is 4. The van der Waals surface area contributed by atoms with Crippen molar-refractivity contribution in [1.82, 2.24) is 10.3 Å². The summed E-state index contributed by atoms with van der Waals surface area (Å²) in [5.74, 6) is -5.21. The number of benzene rings is 1. The SMILES string of the molecule is O=C(NCCc1csc(N2CCCCC2)n1)c1ccc(F)c(F)c1F. The number of amides is 1. The van der Waals surface area contributed by atoms with Crippen LogP contribution in [-0.4, -0.2) is 30.5 Å².